The number of benzene rings is 1. The summed E-state index contributed by atoms with van der Waals surface area (Å²) in [4.78, 5) is 0. The number of nitrogens with two attached hydrogens (primary N) is 1. The van der Waals surface area contributed by atoms with Gasteiger partial charge in [-0.3, -0.25) is 11.3 Å². The smallest absolute Gasteiger partial charge is 0.382 e. The average molecular weight is 276 g/mol. The van der Waals surface area contributed by atoms with Gasteiger partial charge in [0.25, 0.3) is 0 Å². The third-order valence-electron chi connectivity index (χ3n) is 3.02. The molecule has 3 N–H and O–H groups in total. The molecule has 6 heteroatoms. The van der Waals surface area contributed by atoms with Gasteiger partial charge in [0.05, 0.1) is 11.7 Å². The number of halogens is 3. The highest BCUT2D eigenvalue weighted by Gasteiger charge is 2.30. The zero-order valence-electron chi connectivity index (χ0n) is 11.0. The van der Waals surface area contributed by atoms with Gasteiger partial charge in [-0.2, -0.15) is 13.2 Å². The van der Waals surface area contributed by atoms with Crippen LogP contribution >= 0.6 is 0 Å². The summed E-state index contributed by atoms with van der Waals surface area (Å²) in [5, 5.41) is 0. The van der Waals surface area contributed by atoms with Crippen LogP contribution in [0.2, 0.25) is 0 Å². The minimum atomic E-state index is -4.30. The number of alkyl halides is 3. The predicted octanol–water partition coefficient (Wildman–Crippen LogP) is 2.50. The standard InChI is InChI=1S/C13H19F3N2O/c1-9(19-2)7-12(18-17)8-10-3-5-11(6-4-10)13(14,15)16/h3-6,9,12,18H,7-8,17H2,1-2H3. The molecule has 0 radical (unpaired) electrons. The highest BCUT2D eigenvalue weighted by molar-refractivity contribution is 5.25. The molecule has 1 rings (SSSR count). The zero-order valence-corrected chi connectivity index (χ0v) is 11.0. The fourth-order valence-corrected chi connectivity index (χ4v) is 1.82. The third-order valence-corrected chi connectivity index (χ3v) is 3.02. The SMILES string of the molecule is COC(C)CC(Cc1ccc(C(F)(F)F)cc1)NN. The van der Waals surface area contributed by atoms with Crippen molar-refractivity contribution in [1.29, 1.82) is 0 Å². The number of methoxy groups -OCH3 is 1. The van der Waals surface area contributed by atoms with E-state index in [1.165, 1.54) is 12.1 Å². The number of ether oxygens (including phenoxy) is 1. The Labute approximate surface area is 110 Å². The summed E-state index contributed by atoms with van der Waals surface area (Å²) in [7, 11) is 1.61. The van der Waals surface area contributed by atoms with Crippen LogP contribution in [0.5, 0.6) is 0 Å². The van der Waals surface area contributed by atoms with E-state index in [0.29, 0.717) is 12.8 Å². The van der Waals surface area contributed by atoms with E-state index in [9.17, 15) is 13.2 Å². The van der Waals surface area contributed by atoms with Crippen molar-refractivity contribution in [2.75, 3.05) is 7.11 Å². The molecule has 3 nitrogen and oxygen atoms in total. The van der Waals surface area contributed by atoms with Crippen molar-refractivity contribution in [3.8, 4) is 0 Å². The lowest BCUT2D eigenvalue weighted by Crippen LogP contribution is -2.39. The molecule has 0 bridgehead atoms. The van der Waals surface area contributed by atoms with Crippen LogP contribution in [-0.4, -0.2) is 19.3 Å². The summed E-state index contributed by atoms with van der Waals surface area (Å²) >= 11 is 0. The minimum Gasteiger partial charge on any atom is -0.382 e. The van der Waals surface area contributed by atoms with Crippen molar-refractivity contribution >= 4 is 0 Å². The number of rotatable bonds is 6. The first-order valence-electron chi connectivity index (χ1n) is 6.02. The highest BCUT2D eigenvalue weighted by Crippen LogP contribution is 2.29. The van der Waals surface area contributed by atoms with Gasteiger partial charge >= 0.3 is 6.18 Å². The van der Waals surface area contributed by atoms with Crippen molar-refractivity contribution in [1.82, 2.24) is 5.43 Å². The molecule has 0 fully saturated rings. The maximum absolute atomic E-state index is 12.4. The molecule has 0 heterocycles. The molecule has 0 spiro atoms. The minimum absolute atomic E-state index is 0.0355. The molecule has 2 atom stereocenters. The lowest BCUT2D eigenvalue weighted by Gasteiger charge is -2.19. The molecule has 0 aromatic heterocycles. The Hall–Kier alpha value is -1.11. The molecule has 0 aliphatic carbocycles. The summed E-state index contributed by atoms with van der Waals surface area (Å²) in [5.41, 5.74) is 2.82. The van der Waals surface area contributed by atoms with Crippen LogP contribution in [0.15, 0.2) is 24.3 Å². The van der Waals surface area contributed by atoms with E-state index in [0.717, 1.165) is 17.7 Å². The second kappa shape index (κ2) is 6.88. The average Bonchev–Trinajstić information content (AvgIpc) is 2.37. The van der Waals surface area contributed by atoms with Gasteiger partial charge < -0.3 is 4.74 Å². The maximum atomic E-state index is 12.4. The van der Waals surface area contributed by atoms with Crippen LogP contribution in [0.4, 0.5) is 13.2 Å². The van der Waals surface area contributed by atoms with Crippen molar-refractivity contribution in [2.24, 2.45) is 5.84 Å². The normalized spacial score (nSPS) is 15.3. The van der Waals surface area contributed by atoms with E-state index in [-0.39, 0.29) is 12.1 Å². The fraction of sp³-hybridized carbons (Fsp3) is 0.538. The van der Waals surface area contributed by atoms with E-state index in [2.05, 4.69) is 5.43 Å². The summed E-state index contributed by atoms with van der Waals surface area (Å²) in [6.07, 6.45) is -3.01. The van der Waals surface area contributed by atoms with E-state index in [1.807, 2.05) is 6.92 Å². The molecule has 108 valence electrons. The first-order chi connectivity index (χ1) is 8.86. The van der Waals surface area contributed by atoms with Gasteiger partial charge in [-0.05, 0) is 37.5 Å². The molecule has 0 amide bonds. The van der Waals surface area contributed by atoms with Gasteiger partial charge in [-0.1, -0.05) is 12.1 Å². The van der Waals surface area contributed by atoms with Crippen LogP contribution in [0.3, 0.4) is 0 Å². The van der Waals surface area contributed by atoms with E-state index in [4.69, 9.17) is 10.6 Å². The van der Waals surface area contributed by atoms with E-state index >= 15 is 0 Å². The van der Waals surface area contributed by atoms with Crippen LogP contribution in [0, 0.1) is 0 Å². The lowest BCUT2D eigenvalue weighted by atomic mass is 10.0. The summed E-state index contributed by atoms with van der Waals surface area (Å²) in [6, 6.07) is 5.09. The second-order valence-corrected chi connectivity index (χ2v) is 4.54. The van der Waals surface area contributed by atoms with Gasteiger partial charge in [0.2, 0.25) is 0 Å². The van der Waals surface area contributed by atoms with Gasteiger partial charge in [0.1, 0.15) is 0 Å². The van der Waals surface area contributed by atoms with Gasteiger partial charge in [0.15, 0.2) is 0 Å². The van der Waals surface area contributed by atoms with Gasteiger partial charge in [-0.25, -0.2) is 0 Å². The Bertz CT molecular complexity index is 378. The molecule has 1 aromatic carbocycles. The zero-order chi connectivity index (χ0) is 14.5. The molecular weight excluding hydrogens is 257 g/mol. The number of hydrogen-bond donors (Lipinski definition) is 2. The molecule has 2 unspecified atom stereocenters. The second-order valence-electron chi connectivity index (χ2n) is 4.54. The first kappa shape index (κ1) is 15.9. The predicted molar refractivity (Wildman–Crippen MR) is 67.3 cm³/mol. The molecule has 1 aromatic rings. The van der Waals surface area contributed by atoms with E-state index in [1.54, 1.807) is 7.11 Å². The fourth-order valence-electron chi connectivity index (χ4n) is 1.82. The Morgan fingerprint density at radius 2 is 1.84 bits per heavy atom. The van der Waals surface area contributed by atoms with Crippen molar-refractivity contribution in [3.63, 3.8) is 0 Å². The van der Waals surface area contributed by atoms with Gasteiger partial charge in [0, 0.05) is 13.2 Å². The Morgan fingerprint density at radius 3 is 2.26 bits per heavy atom. The van der Waals surface area contributed by atoms with Crippen molar-refractivity contribution < 1.29 is 17.9 Å². The molecule has 0 aliphatic heterocycles. The quantitative estimate of drug-likeness (QED) is 0.620. The van der Waals surface area contributed by atoms with Crippen LogP contribution in [0.25, 0.3) is 0 Å². The molecule has 0 aliphatic rings. The third kappa shape index (κ3) is 5.18. The molecule has 19 heavy (non-hydrogen) atoms. The summed E-state index contributed by atoms with van der Waals surface area (Å²) in [6.45, 7) is 1.91. The Morgan fingerprint density at radius 1 is 1.26 bits per heavy atom. The summed E-state index contributed by atoms with van der Waals surface area (Å²) in [5.74, 6) is 5.44. The topological polar surface area (TPSA) is 47.3 Å². The molecular formula is C13H19F3N2O. The van der Waals surface area contributed by atoms with Crippen LogP contribution < -0.4 is 11.3 Å². The number of nitrogens with one attached hydrogen (secondary N) is 1. The Balaban J connectivity index is 2.65. The van der Waals surface area contributed by atoms with Crippen LogP contribution in [0.1, 0.15) is 24.5 Å². The van der Waals surface area contributed by atoms with Crippen molar-refractivity contribution in [3.05, 3.63) is 35.4 Å². The highest BCUT2D eigenvalue weighted by atomic mass is 19.4. The largest absolute Gasteiger partial charge is 0.416 e. The number of hydrogen-bond acceptors (Lipinski definition) is 3. The number of hydrazine groups is 1. The maximum Gasteiger partial charge on any atom is 0.416 e. The van der Waals surface area contributed by atoms with Crippen molar-refractivity contribution in [2.45, 2.75) is 38.1 Å². The molecule has 0 saturated carbocycles. The van der Waals surface area contributed by atoms with Crippen LogP contribution in [-0.2, 0) is 17.3 Å². The Kier molecular flexibility index (Phi) is 5.78. The summed E-state index contributed by atoms with van der Waals surface area (Å²) < 4.78 is 42.4. The lowest BCUT2D eigenvalue weighted by molar-refractivity contribution is -0.137. The monoisotopic (exact) mass is 276 g/mol. The van der Waals surface area contributed by atoms with E-state index < -0.39 is 11.7 Å². The van der Waals surface area contributed by atoms with Gasteiger partial charge in [-0.15, -0.1) is 0 Å². The molecule has 0 saturated heterocycles. The first-order valence-corrected chi connectivity index (χ1v) is 6.02.